The molecule has 0 aliphatic rings. The van der Waals surface area contributed by atoms with Crippen molar-refractivity contribution in [3.05, 3.63) is 82.3 Å². The Hall–Kier alpha value is -2.86. The summed E-state index contributed by atoms with van der Waals surface area (Å²) in [5.41, 5.74) is 2.18. The number of aromatic nitrogens is 2. The second-order valence-electron chi connectivity index (χ2n) is 6.05. The molecule has 4 rings (SSSR count). The molecule has 0 amide bonds. The summed E-state index contributed by atoms with van der Waals surface area (Å²) in [6, 6.07) is 19.2. The molecule has 0 saturated heterocycles. The average molecular weight is 447 g/mol. The lowest BCUT2D eigenvalue weighted by Crippen LogP contribution is -2.01. The summed E-state index contributed by atoms with van der Waals surface area (Å²) < 4.78 is 0. The number of halogens is 3. The van der Waals surface area contributed by atoms with Crippen molar-refractivity contribution in [2.75, 3.05) is 5.32 Å². The zero-order valence-corrected chi connectivity index (χ0v) is 17.1. The van der Waals surface area contributed by atoms with Crippen LogP contribution in [0.2, 0.25) is 10.0 Å². The Kier molecular flexibility index (Phi) is 6.23. The number of fused-ring (bicyclic) bond motifs is 1. The van der Waals surface area contributed by atoms with Crippen LogP contribution < -0.4 is 5.32 Å². The third-order valence-electron chi connectivity index (χ3n) is 4.15. The van der Waals surface area contributed by atoms with Crippen LogP contribution in [0.3, 0.4) is 0 Å². The first-order valence-corrected chi connectivity index (χ1v) is 9.09. The lowest BCUT2D eigenvalue weighted by molar-refractivity contribution is 0.0697. The van der Waals surface area contributed by atoms with Crippen LogP contribution in [0.4, 0.5) is 11.5 Å². The van der Waals surface area contributed by atoms with Crippen LogP contribution in [-0.4, -0.2) is 21.0 Å². The van der Waals surface area contributed by atoms with Crippen molar-refractivity contribution < 1.29 is 9.90 Å². The lowest BCUT2D eigenvalue weighted by Gasteiger charge is -2.12. The summed E-state index contributed by atoms with van der Waals surface area (Å²) in [6.07, 6.45) is 0. The minimum Gasteiger partial charge on any atom is -0.478 e. The van der Waals surface area contributed by atoms with Crippen LogP contribution >= 0.6 is 35.6 Å². The maximum atomic E-state index is 11.2. The monoisotopic (exact) mass is 445 g/mol. The van der Waals surface area contributed by atoms with Gasteiger partial charge in [0.2, 0.25) is 0 Å². The van der Waals surface area contributed by atoms with Crippen LogP contribution in [0, 0.1) is 0 Å². The van der Waals surface area contributed by atoms with E-state index in [0.29, 0.717) is 32.9 Å². The maximum absolute atomic E-state index is 11.2. The molecule has 29 heavy (non-hydrogen) atoms. The van der Waals surface area contributed by atoms with Gasteiger partial charge in [-0.2, -0.15) is 0 Å². The summed E-state index contributed by atoms with van der Waals surface area (Å²) in [4.78, 5) is 20.5. The van der Waals surface area contributed by atoms with Crippen LogP contribution in [0.1, 0.15) is 10.4 Å². The van der Waals surface area contributed by atoms with E-state index in [4.69, 9.17) is 23.2 Å². The largest absolute Gasteiger partial charge is 0.478 e. The van der Waals surface area contributed by atoms with E-state index in [0.717, 1.165) is 10.9 Å². The second-order valence-corrected chi connectivity index (χ2v) is 6.89. The number of aromatic carboxylic acids is 1. The summed E-state index contributed by atoms with van der Waals surface area (Å²) in [5, 5.41) is 14.2. The predicted molar refractivity (Wildman–Crippen MR) is 119 cm³/mol. The fourth-order valence-electron chi connectivity index (χ4n) is 2.83. The SMILES string of the molecule is Cl.O=C(O)c1cccc(Nc2nc(-c3ccc(Cl)cc3Cl)nc3ccccc23)c1. The third-order valence-corrected chi connectivity index (χ3v) is 4.70. The molecule has 0 atom stereocenters. The van der Waals surface area contributed by atoms with Gasteiger partial charge in [0.05, 0.1) is 16.1 Å². The van der Waals surface area contributed by atoms with Gasteiger partial charge in [0.25, 0.3) is 0 Å². The van der Waals surface area contributed by atoms with E-state index in [9.17, 15) is 9.90 Å². The molecule has 0 saturated carbocycles. The molecular formula is C21H14Cl3N3O2. The first-order chi connectivity index (χ1) is 13.5. The van der Waals surface area contributed by atoms with Gasteiger partial charge in [-0.1, -0.05) is 41.4 Å². The molecule has 5 nitrogen and oxygen atoms in total. The number of nitrogens with one attached hydrogen (secondary N) is 1. The normalized spacial score (nSPS) is 10.4. The first-order valence-electron chi connectivity index (χ1n) is 8.34. The molecule has 146 valence electrons. The molecule has 1 aromatic heterocycles. The van der Waals surface area contributed by atoms with E-state index in [2.05, 4.69) is 15.3 Å². The highest BCUT2D eigenvalue weighted by molar-refractivity contribution is 6.36. The average Bonchev–Trinajstić information content (AvgIpc) is 2.68. The van der Waals surface area contributed by atoms with Gasteiger partial charge in [-0.15, -0.1) is 12.4 Å². The Balaban J connectivity index is 0.00000240. The molecule has 4 aromatic rings. The Morgan fingerprint density at radius 3 is 2.48 bits per heavy atom. The van der Waals surface area contributed by atoms with Gasteiger partial charge >= 0.3 is 5.97 Å². The molecule has 0 unspecified atom stereocenters. The molecule has 0 bridgehead atoms. The molecule has 0 aliphatic heterocycles. The number of carboxylic acid groups (broad SMARTS) is 1. The zero-order valence-electron chi connectivity index (χ0n) is 14.8. The molecule has 0 spiro atoms. The van der Waals surface area contributed by atoms with Crippen LogP contribution in [0.15, 0.2) is 66.7 Å². The number of rotatable bonds is 4. The molecule has 3 aromatic carbocycles. The van der Waals surface area contributed by atoms with Crippen molar-refractivity contribution in [2.45, 2.75) is 0 Å². The van der Waals surface area contributed by atoms with E-state index in [1.54, 1.807) is 36.4 Å². The van der Waals surface area contributed by atoms with Crippen molar-refractivity contribution in [3.63, 3.8) is 0 Å². The number of hydrogen-bond acceptors (Lipinski definition) is 4. The van der Waals surface area contributed by atoms with Crippen LogP contribution in [-0.2, 0) is 0 Å². The van der Waals surface area contributed by atoms with E-state index in [-0.39, 0.29) is 18.0 Å². The minimum atomic E-state index is -0.996. The summed E-state index contributed by atoms with van der Waals surface area (Å²) in [5.74, 6) is -0.00348. The fraction of sp³-hybridized carbons (Fsp3) is 0. The maximum Gasteiger partial charge on any atom is 0.335 e. The summed E-state index contributed by atoms with van der Waals surface area (Å²) >= 11 is 12.3. The molecule has 2 N–H and O–H groups in total. The standard InChI is InChI=1S/C21H13Cl2N3O2.ClH/c22-13-8-9-15(17(23)11-13)19-25-18-7-2-1-6-16(18)20(26-19)24-14-5-3-4-12(10-14)21(27)28;/h1-11H,(H,27,28)(H,24,25,26);1H. The van der Waals surface area contributed by atoms with E-state index in [1.807, 2.05) is 24.3 Å². The Morgan fingerprint density at radius 2 is 1.72 bits per heavy atom. The van der Waals surface area contributed by atoms with Gasteiger partial charge in [-0.3, -0.25) is 0 Å². The number of anilines is 2. The number of nitrogens with zero attached hydrogens (tertiary/aromatic N) is 2. The number of hydrogen-bond donors (Lipinski definition) is 2. The Bertz CT molecular complexity index is 1210. The highest BCUT2D eigenvalue weighted by Gasteiger charge is 2.13. The van der Waals surface area contributed by atoms with Crippen LogP contribution in [0.5, 0.6) is 0 Å². The van der Waals surface area contributed by atoms with Gasteiger partial charge in [-0.25, -0.2) is 14.8 Å². The first kappa shape index (κ1) is 20.9. The topological polar surface area (TPSA) is 75.1 Å². The van der Waals surface area contributed by atoms with Crippen molar-refractivity contribution in [1.29, 1.82) is 0 Å². The van der Waals surface area contributed by atoms with Crippen molar-refractivity contribution in [1.82, 2.24) is 9.97 Å². The zero-order chi connectivity index (χ0) is 19.7. The highest BCUT2D eigenvalue weighted by Crippen LogP contribution is 2.32. The molecule has 1 heterocycles. The highest BCUT2D eigenvalue weighted by atomic mass is 35.5. The number of para-hydroxylation sites is 1. The third kappa shape index (κ3) is 4.43. The smallest absolute Gasteiger partial charge is 0.335 e. The van der Waals surface area contributed by atoms with E-state index >= 15 is 0 Å². The lowest BCUT2D eigenvalue weighted by atomic mass is 10.1. The van der Waals surface area contributed by atoms with Gasteiger partial charge in [0.1, 0.15) is 5.82 Å². The molecule has 0 fully saturated rings. The molecule has 0 aliphatic carbocycles. The quantitative estimate of drug-likeness (QED) is 0.376. The van der Waals surface area contributed by atoms with E-state index < -0.39 is 5.97 Å². The number of benzene rings is 3. The Morgan fingerprint density at radius 1 is 0.931 bits per heavy atom. The van der Waals surface area contributed by atoms with Gasteiger partial charge in [0.15, 0.2) is 5.82 Å². The molecule has 8 heteroatoms. The van der Waals surface area contributed by atoms with E-state index in [1.165, 1.54) is 6.07 Å². The fourth-order valence-corrected chi connectivity index (χ4v) is 3.32. The predicted octanol–water partition coefficient (Wildman–Crippen LogP) is 6.47. The van der Waals surface area contributed by atoms with Crippen molar-refractivity contribution in [3.8, 4) is 11.4 Å². The molecular weight excluding hydrogens is 433 g/mol. The van der Waals surface area contributed by atoms with Gasteiger partial charge < -0.3 is 10.4 Å². The molecule has 0 radical (unpaired) electrons. The van der Waals surface area contributed by atoms with Crippen molar-refractivity contribution in [2.24, 2.45) is 0 Å². The summed E-state index contributed by atoms with van der Waals surface area (Å²) in [7, 11) is 0. The second kappa shape index (κ2) is 8.66. The summed E-state index contributed by atoms with van der Waals surface area (Å²) in [6.45, 7) is 0. The van der Waals surface area contributed by atoms with Crippen LogP contribution in [0.25, 0.3) is 22.3 Å². The van der Waals surface area contributed by atoms with Gasteiger partial charge in [-0.05, 0) is 48.5 Å². The minimum absolute atomic E-state index is 0. The van der Waals surface area contributed by atoms with Gasteiger partial charge in [0, 0.05) is 21.7 Å². The number of carbonyl (C=O) groups is 1. The Labute approximate surface area is 182 Å². The number of carboxylic acids is 1. The van der Waals surface area contributed by atoms with Crippen molar-refractivity contribution >= 4 is 64.0 Å².